The van der Waals surface area contributed by atoms with Crippen LogP contribution in [0.1, 0.15) is 32.6 Å². The predicted molar refractivity (Wildman–Crippen MR) is 71.9 cm³/mol. The number of nitrogens with zero attached hydrogens (tertiary/aromatic N) is 2. The lowest BCUT2D eigenvalue weighted by molar-refractivity contribution is 0.378. The van der Waals surface area contributed by atoms with Crippen LogP contribution in [0, 0.1) is 5.92 Å². The van der Waals surface area contributed by atoms with Crippen molar-refractivity contribution in [1.82, 2.24) is 4.98 Å². The first-order valence-corrected chi connectivity index (χ1v) is 6.51. The molecule has 0 unspecified atom stereocenters. The van der Waals surface area contributed by atoms with Gasteiger partial charge in [-0.3, -0.25) is 0 Å². The molecule has 0 aliphatic carbocycles. The second kappa shape index (κ2) is 5.87. The average Bonchev–Trinajstić information content (AvgIpc) is 2.40. The summed E-state index contributed by atoms with van der Waals surface area (Å²) in [5, 5.41) is 0. The number of aromatic nitrogens is 1. The molecule has 0 atom stereocenters. The molecule has 0 spiro atoms. The van der Waals surface area contributed by atoms with E-state index in [9.17, 15) is 0 Å². The van der Waals surface area contributed by atoms with Crippen molar-refractivity contribution in [2.45, 2.75) is 32.6 Å². The Balaban J connectivity index is 1.95. The Kier molecular flexibility index (Phi) is 4.20. The summed E-state index contributed by atoms with van der Waals surface area (Å²) in [7, 11) is 0. The maximum Gasteiger partial charge on any atom is 0.141 e. The highest BCUT2D eigenvalue weighted by Gasteiger charge is 2.18. The molecule has 0 bridgehead atoms. The molecule has 17 heavy (non-hydrogen) atoms. The highest BCUT2D eigenvalue weighted by molar-refractivity contribution is 5.53. The fourth-order valence-corrected chi connectivity index (χ4v) is 2.58. The SMILES string of the molecule is CCCC1CCN(c2ccnc(NN)c2)CC1. The summed E-state index contributed by atoms with van der Waals surface area (Å²) in [4.78, 5) is 6.56. The monoisotopic (exact) mass is 234 g/mol. The lowest BCUT2D eigenvalue weighted by atomic mass is 9.92. The topological polar surface area (TPSA) is 54.2 Å². The van der Waals surface area contributed by atoms with E-state index in [2.05, 4.69) is 28.3 Å². The minimum Gasteiger partial charge on any atom is -0.371 e. The molecule has 2 rings (SSSR count). The van der Waals surface area contributed by atoms with E-state index in [1.807, 2.05) is 12.3 Å². The molecule has 1 aliphatic rings. The van der Waals surface area contributed by atoms with Gasteiger partial charge < -0.3 is 10.3 Å². The standard InChI is InChI=1S/C13H22N4/c1-2-3-11-5-8-17(9-6-11)12-4-7-15-13(10-12)16-14/h4,7,10-11H,2-3,5-6,8-9,14H2,1H3,(H,15,16). The minimum atomic E-state index is 0.734. The lowest BCUT2D eigenvalue weighted by Gasteiger charge is -2.33. The van der Waals surface area contributed by atoms with Crippen molar-refractivity contribution < 1.29 is 0 Å². The van der Waals surface area contributed by atoms with Gasteiger partial charge in [0.05, 0.1) is 0 Å². The first kappa shape index (κ1) is 12.2. The molecule has 2 heterocycles. The zero-order valence-corrected chi connectivity index (χ0v) is 10.5. The van der Waals surface area contributed by atoms with Crippen LogP contribution in [0.2, 0.25) is 0 Å². The van der Waals surface area contributed by atoms with Gasteiger partial charge in [0.15, 0.2) is 0 Å². The molecule has 0 radical (unpaired) electrons. The van der Waals surface area contributed by atoms with Crippen LogP contribution in [-0.2, 0) is 0 Å². The van der Waals surface area contributed by atoms with Gasteiger partial charge in [-0.15, -0.1) is 0 Å². The van der Waals surface area contributed by atoms with E-state index in [-0.39, 0.29) is 0 Å². The van der Waals surface area contributed by atoms with E-state index in [0.717, 1.165) is 24.8 Å². The zero-order chi connectivity index (χ0) is 12.1. The van der Waals surface area contributed by atoms with Crippen LogP contribution in [0.15, 0.2) is 18.3 Å². The van der Waals surface area contributed by atoms with E-state index in [1.165, 1.54) is 31.4 Å². The van der Waals surface area contributed by atoms with Gasteiger partial charge in [0.2, 0.25) is 0 Å². The van der Waals surface area contributed by atoms with E-state index in [1.54, 1.807) is 0 Å². The van der Waals surface area contributed by atoms with Crippen molar-refractivity contribution >= 4 is 11.5 Å². The van der Waals surface area contributed by atoms with Crippen molar-refractivity contribution in [3.05, 3.63) is 18.3 Å². The van der Waals surface area contributed by atoms with Gasteiger partial charge in [-0.1, -0.05) is 19.8 Å². The summed E-state index contributed by atoms with van der Waals surface area (Å²) < 4.78 is 0. The molecule has 1 fully saturated rings. The Morgan fingerprint density at radius 1 is 1.47 bits per heavy atom. The van der Waals surface area contributed by atoms with Crippen LogP contribution in [0.25, 0.3) is 0 Å². The Bertz CT molecular complexity index is 345. The number of pyridine rings is 1. The molecule has 1 saturated heterocycles. The number of nitrogens with two attached hydrogens (primary N) is 1. The third-order valence-corrected chi connectivity index (χ3v) is 3.57. The Hall–Kier alpha value is -1.29. The molecule has 3 N–H and O–H groups in total. The van der Waals surface area contributed by atoms with E-state index in [4.69, 9.17) is 5.84 Å². The van der Waals surface area contributed by atoms with Gasteiger partial charge in [-0.2, -0.15) is 0 Å². The maximum atomic E-state index is 5.38. The molecular formula is C13H22N4. The molecule has 94 valence electrons. The number of hydrogen-bond acceptors (Lipinski definition) is 4. The average molecular weight is 234 g/mol. The van der Waals surface area contributed by atoms with Gasteiger partial charge in [-0.05, 0) is 24.8 Å². The summed E-state index contributed by atoms with van der Waals surface area (Å²) in [5.74, 6) is 7.03. The maximum absolute atomic E-state index is 5.38. The normalized spacial score (nSPS) is 17.2. The Labute approximate surface area is 103 Å². The zero-order valence-electron chi connectivity index (χ0n) is 10.5. The van der Waals surface area contributed by atoms with Gasteiger partial charge in [0.1, 0.15) is 5.82 Å². The molecule has 0 aromatic carbocycles. The smallest absolute Gasteiger partial charge is 0.141 e. The van der Waals surface area contributed by atoms with Gasteiger partial charge in [0.25, 0.3) is 0 Å². The largest absolute Gasteiger partial charge is 0.371 e. The second-order valence-corrected chi connectivity index (χ2v) is 4.76. The van der Waals surface area contributed by atoms with Crippen molar-refractivity contribution in [2.24, 2.45) is 11.8 Å². The number of nitrogens with one attached hydrogen (secondary N) is 1. The molecular weight excluding hydrogens is 212 g/mol. The van der Waals surface area contributed by atoms with Crippen LogP contribution in [0.5, 0.6) is 0 Å². The van der Waals surface area contributed by atoms with Crippen LogP contribution in [0.3, 0.4) is 0 Å². The summed E-state index contributed by atoms with van der Waals surface area (Å²) in [6, 6.07) is 4.07. The highest BCUT2D eigenvalue weighted by atomic mass is 15.3. The number of anilines is 2. The third kappa shape index (κ3) is 3.09. The van der Waals surface area contributed by atoms with Crippen molar-refractivity contribution in [3.63, 3.8) is 0 Å². The van der Waals surface area contributed by atoms with Crippen molar-refractivity contribution in [2.75, 3.05) is 23.4 Å². The summed E-state index contributed by atoms with van der Waals surface area (Å²) >= 11 is 0. The molecule has 1 aliphatic heterocycles. The number of rotatable bonds is 4. The highest BCUT2D eigenvalue weighted by Crippen LogP contribution is 2.26. The number of hydrogen-bond donors (Lipinski definition) is 2. The third-order valence-electron chi connectivity index (χ3n) is 3.57. The van der Waals surface area contributed by atoms with E-state index < -0.39 is 0 Å². The predicted octanol–water partition coefficient (Wildman–Crippen LogP) is 2.38. The minimum absolute atomic E-state index is 0.734. The van der Waals surface area contributed by atoms with Gasteiger partial charge >= 0.3 is 0 Å². The molecule has 4 heteroatoms. The second-order valence-electron chi connectivity index (χ2n) is 4.76. The van der Waals surface area contributed by atoms with Crippen LogP contribution >= 0.6 is 0 Å². The summed E-state index contributed by atoms with van der Waals surface area (Å²) in [6.07, 6.45) is 7.10. The summed E-state index contributed by atoms with van der Waals surface area (Å²) in [5.41, 5.74) is 3.82. The molecule has 1 aromatic heterocycles. The van der Waals surface area contributed by atoms with E-state index >= 15 is 0 Å². The number of hydrazine groups is 1. The fraction of sp³-hybridized carbons (Fsp3) is 0.615. The molecule has 0 amide bonds. The number of piperidine rings is 1. The van der Waals surface area contributed by atoms with Crippen LogP contribution in [0.4, 0.5) is 11.5 Å². The van der Waals surface area contributed by atoms with Crippen LogP contribution in [-0.4, -0.2) is 18.1 Å². The van der Waals surface area contributed by atoms with Gasteiger partial charge in [0, 0.05) is 31.0 Å². The summed E-state index contributed by atoms with van der Waals surface area (Å²) in [6.45, 7) is 4.58. The molecule has 0 saturated carbocycles. The Morgan fingerprint density at radius 2 is 2.24 bits per heavy atom. The number of nitrogen functional groups attached to an aromatic ring is 1. The van der Waals surface area contributed by atoms with Gasteiger partial charge in [-0.25, -0.2) is 10.8 Å². The lowest BCUT2D eigenvalue weighted by Crippen LogP contribution is -2.33. The van der Waals surface area contributed by atoms with E-state index in [0.29, 0.717) is 0 Å². The Morgan fingerprint density at radius 3 is 2.88 bits per heavy atom. The first-order chi connectivity index (χ1) is 8.33. The molecule has 4 nitrogen and oxygen atoms in total. The fourth-order valence-electron chi connectivity index (χ4n) is 2.58. The quantitative estimate of drug-likeness (QED) is 0.620. The molecule has 1 aromatic rings. The van der Waals surface area contributed by atoms with Crippen LogP contribution < -0.4 is 16.2 Å². The van der Waals surface area contributed by atoms with Crippen molar-refractivity contribution in [1.29, 1.82) is 0 Å². The first-order valence-electron chi connectivity index (χ1n) is 6.51. The van der Waals surface area contributed by atoms with Crippen molar-refractivity contribution in [3.8, 4) is 0 Å².